The molecule has 0 saturated carbocycles. The van der Waals surface area contributed by atoms with E-state index in [2.05, 4.69) is 10.6 Å². The van der Waals surface area contributed by atoms with Gasteiger partial charge < -0.3 is 10.6 Å². The van der Waals surface area contributed by atoms with Gasteiger partial charge in [0.05, 0.1) is 0 Å². The fourth-order valence-corrected chi connectivity index (χ4v) is 1.81. The summed E-state index contributed by atoms with van der Waals surface area (Å²) < 4.78 is 12.7. The molecule has 0 aliphatic rings. The van der Waals surface area contributed by atoms with Gasteiger partial charge in [0.1, 0.15) is 5.82 Å². The number of benzene rings is 2. The molecule has 0 aliphatic heterocycles. The molecule has 0 radical (unpaired) electrons. The van der Waals surface area contributed by atoms with E-state index in [0.717, 1.165) is 11.1 Å². The molecule has 0 fully saturated rings. The average Bonchev–Trinajstić information content (AvgIpc) is 2.45. The maximum atomic E-state index is 12.7. The molecule has 0 atom stereocenters. The highest BCUT2D eigenvalue weighted by Crippen LogP contribution is 2.19. The van der Waals surface area contributed by atoms with Crippen molar-refractivity contribution in [2.45, 2.75) is 6.92 Å². The van der Waals surface area contributed by atoms with Crippen LogP contribution in [0.25, 0.3) is 6.08 Å². The summed E-state index contributed by atoms with van der Waals surface area (Å²) in [5.74, 6) is -0.297. The maximum Gasteiger partial charge on any atom is 0.323 e. The second-order valence-electron chi connectivity index (χ2n) is 4.45. The van der Waals surface area contributed by atoms with E-state index >= 15 is 0 Å². The number of hydrogen-bond donors (Lipinski definition) is 2. The highest BCUT2D eigenvalue weighted by molar-refractivity contribution is 6.31. The summed E-state index contributed by atoms with van der Waals surface area (Å²) in [6.07, 6.45) is 3.15. The van der Waals surface area contributed by atoms with E-state index in [1.165, 1.54) is 18.3 Å². The molecule has 2 amide bonds. The largest absolute Gasteiger partial charge is 0.323 e. The monoisotopic (exact) mass is 304 g/mol. The highest BCUT2D eigenvalue weighted by atomic mass is 35.5. The number of aryl methyl sites for hydroxylation is 1. The van der Waals surface area contributed by atoms with Crippen LogP contribution in [0.15, 0.2) is 48.7 Å². The molecule has 0 saturated heterocycles. The van der Waals surface area contributed by atoms with E-state index in [-0.39, 0.29) is 11.8 Å². The standard InChI is InChI=1S/C16H14ClFN2O/c1-11-2-7-14(10-15(11)17)20-16(21)19-9-8-12-3-5-13(18)6-4-12/h2-10H,1H3,(H2,19,20,21)/b9-8+. The smallest absolute Gasteiger partial charge is 0.314 e. The Morgan fingerprint density at radius 2 is 1.90 bits per heavy atom. The van der Waals surface area contributed by atoms with Gasteiger partial charge in [0.25, 0.3) is 0 Å². The van der Waals surface area contributed by atoms with Crippen molar-refractivity contribution in [2.75, 3.05) is 5.32 Å². The molecule has 0 spiro atoms. The molecule has 108 valence electrons. The summed E-state index contributed by atoms with van der Waals surface area (Å²) >= 11 is 5.98. The third-order valence-electron chi connectivity index (χ3n) is 2.79. The molecule has 2 aromatic carbocycles. The SMILES string of the molecule is Cc1ccc(NC(=O)N/C=C/c2ccc(F)cc2)cc1Cl. The van der Waals surface area contributed by atoms with Gasteiger partial charge in [0.2, 0.25) is 0 Å². The van der Waals surface area contributed by atoms with Gasteiger partial charge in [-0.3, -0.25) is 0 Å². The summed E-state index contributed by atoms with van der Waals surface area (Å²) in [4.78, 5) is 11.7. The van der Waals surface area contributed by atoms with Crippen LogP contribution >= 0.6 is 11.6 Å². The van der Waals surface area contributed by atoms with Gasteiger partial charge in [-0.05, 0) is 48.4 Å². The Bertz CT molecular complexity index is 668. The van der Waals surface area contributed by atoms with Gasteiger partial charge >= 0.3 is 6.03 Å². The Morgan fingerprint density at radius 3 is 2.57 bits per heavy atom. The van der Waals surface area contributed by atoms with Crippen molar-refractivity contribution in [3.63, 3.8) is 0 Å². The van der Waals surface area contributed by atoms with Crippen LogP contribution in [0.2, 0.25) is 5.02 Å². The molecule has 2 N–H and O–H groups in total. The van der Waals surface area contributed by atoms with Gasteiger partial charge in [-0.25, -0.2) is 9.18 Å². The zero-order chi connectivity index (χ0) is 15.2. The quantitative estimate of drug-likeness (QED) is 0.856. The molecule has 0 aromatic heterocycles. The summed E-state index contributed by atoms with van der Waals surface area (Å²) in [7, 11) is 0. The predicted octanol–water partition coefficient (Wildman–Crippen LogP) is 4.58. The number of amides is 2. The van der Waals surface area contributed by atoms with Gasteiger partial charge in [-0.1, -0.05) is 29.8 Å². The maximum absolute atomic E-state index is 12.7. The van der Waals surface area contributed by atoms with Crippen LogP contribution in [-0.4, -0.2) is 6.03 Å². The van der Waals surface area contributed by atoms with Crippen molar-refractivity contribution >= 4 is 29.4 Å². The minimum absolute atomic E-state index is 0.297. The second kappa shape index (κ2) is 6.90. The topological polar surface area (TPSA) is 41.1 Å². The summed E-state index contributed by atoms with van der Waals surface area (Å²) in [6, 6.07) is 10.8. The number of carbonyl (C=O) groups excluding carboxylic acids is 1. The fraction of sp³-hybridized carbons (Fsp3) is 0.0625. The predicted molar refractivity (Wildman–Crippen MR) is 83.8 cm³/mol. The van der Waals surface area contributed by atoms with Crippen LogP contribution in [0.5, 0.6) is 0 Å². The van der Waals surface area contributed by atoms with E-state index in [1.807, 2.05) is 13.0 Å². The van der Waals surface area contributed by atoms with Crippen LogP contribution in [0.3, 0.4) is 0 Å². The number of carbonyl (C=O) groups is 1. The van der Waals surface area contributed by atoms with Crippen molar-refractivity contribution in [1.82, 2.24) is 5.32 Å². The zero-order valence-electron chi connectivity index (χ0n) is 11.4. The third kappa shape index (κ3) is 4.61. The minimum atomic E-state index is -0.381. The normalized spacial score (nSPS) is 10.6. The van der Waals surface area contributed by atoms with Gasteiger partial charge in [0, 0.05) is 16.9 Å². The number of hydrogen-bond acceptors (Lipinski definition) is 1. The Kier molecular flexibility index (Phi) is 4.95. The van der Waals surface area contributed by atoms with E-state index in [9.17, 15) is 9.18 Å². The van der Waals surface area contributed by atoms with Crippen LogP contribution in [0.4, 0.5) is 14.9 Å². The van der Waals surface area contributed by atoms with Gasteiger partial charge in [0.15, 0.2) is 0 Å². The van der Waals surface area contributed by atoms with E-state index in [0.29, 0.717) is 10.7 Å². The van der Waals surface area contributed by atoms with Crippen molar-refractivity contribution in [2.24, 2.45) is 0 Å². The molecule has 2 rings (SSSR count). The first-order valence-electron chi connectivity index (χ1n) is 6.30. The van der Waals surface area contributed by atoms with Crippen LogP contribution < -0.4 is 10.6 Å². The zero-order valence-corrected chi connectivity index (χ0v) is 12.1. The minimum Gasteiger partial charge on any atom is -0.314 e. The Balaban J connectivity index is 1.89. The van der Waals surface area contributed by atoms with E-state index in [4.69, 9.17) is 11.6 Å². The molecular formula is C16H14ClFN2O. The molecule has 0 aliphatic carbocycles. The Morgan fingerprint density at radius 1 is 1.19 bits per heavy atom. The Hall–Kier alpha value is -2.33. The molecule has 3 nitrogen and oxygen atoms in total. The van der Waals surface area contributed by atoms with Crippen molar-refractivity contribution in [3.05, 3.63) is 70.6 Å². The number of anilines is 1. The van der Waals surface area contributed by atoms with Gasteiger partial charge in [-0.15, -0.1) is 0 Å². The van der Waals surface area contributed by atoms with E-state index in [1.54, 1.807) is 30.3 Å². The summed E-state index contributed by atoms with van der Waals surface area (Å²) in [5, 5.41) is 5.81. The van der Waals surface area contributed by atoms with Crippen LogP contribution in [0.1, 0.15) is 11.1 Å². The fourth-order valence-electron chi connectivity index (χ4n) is 1.63. The first-order chi connectivity index (χ1) is 10.0. The molecule has 0 bridgehead atoms. The van der Waals surface area contributed by atoms with Crippen LogP contribution in [-0.2, 0) is 0 Å². The molecule has 2 aromatic rings. The second-order valence-corrected chi connectivity index (χ2v) is 4.85. The molecule has 0 heterocycles. The van der Waals surface area contributed by atoms with E-state index < -0.39 is 0 Å². The number of rotatable bonds is 3. The van der Waals surface area contributed by atoms with Crippen molar-refractivity contribution in [3.8, 4) is 0 Å². The molecule has 0 unspecified atom stereocenters. The van der Waals surface area contributed by atoms with Crippen molar-refractivity contribution in [1.29, 1.82) is 0 Å². The summed E-state index contributed by atoms with van der Waals surface area (Å²) in [5.41, 5.74) is 2.34. The van der Waals surface area contributed by atoms with Crippen molar-refractivity contribution < 1.29 is 9.18 Å². The first kappa shape index (κ1) is 15.1. The average molecular weight is 305 g/mol. The molecule has 21 heavy (non-hydrogen) atoms. The third-order valence-corrected chi connectivity index (χ3v) is 3.20. The van der Waals surface area contributed by atoms with Gasteiger partial charge in [-0.2, -0.15) is 0 Å². The lowest BCUT2D eigenvalue weighted by Gasteiger charge is -2.06. The lowest BCUT2D eigenvalue weighted by Crippen LogP contribution is -2.23. The number of urea groups is 1. The lowest BCUT2D eigenvalue weighted by molar-refractivity contribution is 0.255. The summed E-state index contributed by atoms with van der Waals surface area (Å²) in [6.45, 7) is 1.89. The number of nitrogens with one attached hydrogen (secondary N) is 2. The number of halogens is 2. The molecule has 5 heteroatoms. The lowest BCUT2D eigenvalue weighted by atomic mass is 10.2. The highest BCUT2D eigenvalue weighted by Gasteiger charge is 2.01. The first-order valence-corrected chi connectivity index (χ1v) is 6.68. The Labute approximate surface area is 127 Å². The molecular weight excluding hydrogens is 291 g/mol. The van der Waals surface area contributed by atoms with Crippen LogP contribution in [0, 0.1) is 12.7 Å².